The summed E-state index contributed by atoms with van der Waals surface area (Å²) in [5.41, 5.74) is 1.24. The van der Waals surface area contributed by atoms with Gasteiger partial charge in [0.05, 0.1) is 22.8 Å². The third-order valence-corrected chi connectivity index (χ3v) is 4.13. The molecule has 22 heavy (non-hydrogen) atoms. The molecule has 1 amide bonds. The van der Waals surface area contributed by atoms with E-state index >= 15 is 0 Å². The van der Waals surface area contributed by atoms with Crippen LogP contribution in [0.2, 0.25) is 10.0 Å². The van der Waals surface area contributed by atoms with E-state index < -0.39 is 0 Å². The van der Waals surface area contributed by atoms with Gasteiger partial charge < -0.3 is 10.1 Å². The lowest BCUT2D eigenvalue weighted by Gasteiger charge is -2.07. The van der Waals surface area contributed by atoms with Crippen LogP contribution in [0.25, 0.3) is 6.08 Å². The van der Waals surface area contributed by atoms with Crippen LogP contribution in [0.1, 0.15) is 5.56 Å². The van der Waals surface area contributed by atoms with Crippen LogP contribution in [0.3, 0.4) is 0 Å². The molecule has 0 spiro atoms. The highest BCUT2D eigenvalue weighted by molar-refractivity contribution is 9.10. The summed E-state index contributed by atoms with van der Waals surface area (Å²) in [6.07, 6.45) is 3.07. The third-order valence-electron chi connectivity index (χ3n) is 2.82. The first kappa shape index (κ1) is 16.9. The Morgan fingerprint density at radius 3 is 2.77 bits per heavy atom. The maximum atomic E-state index is 12.0. The predicted molar refractivity (Wildman–Crippen MR) is 94.8 cm³/mol. The highest BCUT2D eigenvalue weighted by Crippen LogP contribution is 2.29. The van der Waals surface area contributed by atoms with E-state index in [4.69, 9.17) is 27.9 Å². The number of carbonyl (C=O) groups is 1. The first-order valence-corrected chi connectivity index (χ1v) is 7.83. The molecule has 2 aromatic carbocycles. The maximum Gasteiger partial charge on any atom is 0.248 e. The summed E-state index contributed by atoms with van der Waals surface area (Å²) in [7, 11) is 1.58. The zero-order valence-electron chi connectivity index (χ0n) is 11.6. The SMILES string of the molecule is COc1ccc(Br)cc1C=CC(=O)Nc1cccc(Cl)c1Cl. The minimum atomic E-state index is -0.314. The Hall–Kier alpha value is -1.49. The molecule has 0 saturated carbocycles. The number of carbonyl (C=O) groups excluding carboxylic acids is 1. The monoisotopic (exact) mass is 399 g/mol. The molecule has 0 unspecified atom stereocenters. The molecule has 0 aliphatic carbocycles. The molecule has 0 fully saturated rings. The molecule has 2 aromatic rings. The fourth-order valence-electron chi connectivity index (χ4n) is 1.78. The van der Waals surface area contributed by atoms with Crippen LogP contribution in [-0.4, -0.2) is 13.0 Å². The van der Waals surface area contributed by atoms with E-state index in [1.54, 1.807) is 31.4 Å². The second-order valence-corrected chi connectivity index (χ2v) is 6.01. The number of amides is 1. The number of ether oxygens (including phenoxy) is 1. The van der Waals surface area contributed by atoms with Gasteiger partial charge in [-0.2, -0.15) is 0 Å². The van der Waals surface area contributed by atoms with E-state index in [9.17, 15) is 4.79 Å². The molecule has 114 valence electrons. The standard InChI is InChI=1S/C16H12BrCl2NO2/c1-22-14-7-6-11(17)9-10(14)5-8-15(21)20-13-4-2-3-12(18)16(13)19/h2-9H,1H3,(H,20,21). The predicted octanol–water partition coefficient (Wildman–Crippen LogP) is 5.42. The van der Waals surface area contributed by atoms with Gasteiger partial charge in [0.15, 0.2) is 0 Å². The molecule has 0 bridgehead atoms. The Kier molecular flexibility index (Phi) is 5.89. The van der Waals surface area contributed by atoms with Gasteiger partial charge in [-0.25, -0.2) is 0 Å². The van der Waals surface area contributed by atoms with Gasteiger partial charge in [-0.05, 0) is 36.4 Å². The van der Waals surface area contributed by atoms with Gasteiger partial charge in [-0.15, -0.1) is 0 Å². The molecule has 2 rings (SSSR count). The minimum absolute atomic E-state index is 0.311. The van der Waals surface area contributed by atoms with Crippen LogP contribution in [0.15, 0.2) is 46.9 Å². The van der Waals surface area contributed by atoms with Gasteiger partial charge in [0, 0.05) is 16.1 Å². The number of anilines is 1. The van der Waals surface area contributed by atoms with Gasteiger partial charge >= 0.3 is 0 Å². The molecular formula is C16H12BrCl2NO2. The summed E-state index contributed by atoms with van der Waals surface area (Å²) in [6, 6.07) is 10.6. The molecule has 3 nitrogen and oxygen atoms in total. The second kappa shape index (κ2) is 7.68. The number of methoxy groups -OCH3 is 1. The van der Waals surface area contributed by atoms with E-state index in [0.717, 1.165) is 10.0 Å². The Bertz CT molecular complexity index is 732. The number of benzene rings is 2. The molecule has 1 N–H and O–H groups in total. The molecule has 0 radical (unpaired) electrons. The van der Waals surface area contributed by atoms with Gasteiger partial charge in [-0.3, -0.25) is 4.79 Å². The normalized spacial score (nSPS) is 10.7. The minimum Gasteiger partial charge on any atom is -0.496 e. The molecule has 0 atom stereocenters. The summed E-state index contributed by atoms with van der Waals surface area (Å²) in [5, 5.41) is 3.38. The van der Waals surface area contributed by atoms with Crippen LogP contribution >= 0.6 is 39.1 Å². The van der Waals surface area contributed by atoms with Crippen LogP contribution in [0.4, 0.5) is 5.69 Å². The van der Waals surface area contributed by atoms with E-state index in [1.807, 2.05) is 18.2 Å². The Morgan fingerprint density at radius 1 is 1.27 bits per heavy atom. The summed E-state index contributed by atoms with van der Waals surface area (Å²) in [6.45, 7) is 0. The van der Waals surface area contributed by atoms with Crippen molar-refractivity contribution < 1.29 is 9.53 Å². The van der Waals surface area contributed by atoms with E-state index in [2.05, 4.69) is 21.2 Å². The first-order chi connectivity index (χ1) is 10.5. The maximum absolute atomic E-state index is 12.0. The van der Waals surface area contributed by atoms with Crippen molar-refractivity contribution in [3.05, 3.63) is 62.6 Å². The second-order valence-electron chi connectivity index (χ2n) is 4.31. The van der Waals surface area contributed by atoms with Gasteiger partial charge in [0.1, 0.15) is 5.75 Å². The lowest BCUT2D eigenvalue weighted by molar-refractivity contribution is -0.111. The third kappa shape index (κ3) is 4.26. The fraction of sp³-hybridized carbons (Fsp3) is 0.0625. The first-order valence-electron chi connectivity index (χ1n) is 6.28. The molecule has 0 heterocycles. The lowest BCUT2D eigenvalue weighted by atomic mass is 10.2. The Balaban J connectivity index is 2.15. The molecule has 0 aliphatic rings. The van der Waals surface area contributed by atoms with E-state index in [1.165, 1.54) is 6.08 Å². The van der Waals surface area contributed by atoms with Crippen LogP contribution in [0, 0.1) is 0 Å². The van der Waals surface area contributed by atoms with Crippen molar-refractivity contribution in [2.24, 2.45) is 0 Å². The van der Waals surface area contributed by atoms with Gasteiger partial charge in [-0.1, -0.05) is 45.2 Å². The van der Waals surface area contributed by atoms with E-state index in [-0.39, 0.29) is 5.91 Å². The highest BCUT2D eigenvalue weighted by Gasteiger charge is 2.07. The van der Waals surface area contributed by atoms with Crippen molar-refractivity contribution >= 4 is 56.8 Å². The zero-order chi connectivity index (χ0) is 16.1. The largest absolute Gasteiger partial charge is 0.496 e. The summed E-state index contributed by atoms with van der Waals surface area (Å²) in [4.78, 5) is 12.0. The summed E-state index contributed by atoms with van der Waals surface area (Å²) < 4.78 is 6.14. The zero-order valence-corrected chi connectivity index (χ0v) is 14.7. The van der Waals surface area contributed by atoms with E-state index in [0.29, 0.717) is 21.5 Å². The Labute approximate surface area is 147 Å². The van der Waals surface area contributed by atoms with Crippen molar-refractivity contribution in [3.63, 3.8) is 0 Å². The smallest absolute Gasteiger partial charge is 0.248 e. The quantitative estimate of drug-likeness (QED) is 0.696. The average molecular weight is 401 g/mol. The Morgan fingerprint density at radius 2 is 2.05 bits per heavy atom. The van der Waals surface area contributed by atoms with Crippen molar-refractivity contribution in [2.45, 2.75) is 0 Å². The fourth-order valence-corrected chi connectivity index (χ4v) is 2.50. The number of hydrogen-bond donors (Lipinski definition) is 1. The van der Waals surface area contributed by atoms with Crippen LogP contribution in [-0.2, 0) is 4.79 Å². The lowest BCUT2D eigenvalue weighted by Crippen LogP contribution is -2.08. The highest BCUT2D eigenvalue weighted by atomic mass is 79.9. The molecule has 0 saturated heterocycles. The van der Waals surface area contributed by atoms with Crippen molar-refractivity contribution in [1.82, 2.24) is 0 Å². The van der Waals surface area contributed by atoms with Crippen LogP contribution in [0.5, 0.6) is 5.75 Å². The number of nitrogens with one attached hydrogen (secondary N) is 1. The molecule has 0 aromatic heterocycles. The molecule has 6 heteroatoms. The topological polar surface area (TPSA) is 38.3 Å². The van der Waals surface area contributed by atoms with Crippen LogP contribution < -0.4 is 10.1 Å². The van der Waals surface area contributed by atoms with Crippen molar-refractivity contribution in [1.29, 1.82) is 0 Å². The molecule has 0 aliphatic heterocycles. The number of hydrogen-bond acceptors (Lipinski definition) is 2. The molecular weight excluding hydrogens is 389 g/mol. The average Bonchev–Trinajstić information content (AvgIpc) is 2.50. The summed E-state index contributed by atoms with van der Waals surface area (Å²) >= 11 is 15.3. The van der Waals surface area contributed by atoms with Crippen molar-refractivity contribution in [3.8, 4) is 5.75 Å². The summed E-state index contributed by atoms with van der Waals surface area (Å²) in [5.74, 6) is 0.360. The number of rotatable bonds is 4. The van der Waals surface area contributed by atoms with Gasteiger partial charge in [0.25, 0.3) is 0 Å². The number of halogens is 3. The van der Waals surface area contributed by atoms with Gasteiger partial charge in [0.2, 0.25) is 5.91 Å². The van der Waals surface area contributed by atoms with Crippen molar-refractivity contribution in [2.75, 3.05) is 12.4 Å².